The lowest BCUT2D eigenvalue weighted by Gasteiger charge is -2.33. The highest BCUT2D eigenvalue weighted by Crippen LogP contribution is 2.28. The maximum atomic E-state index is 13.4. The Kier molecular flexibility index (Phi) is 5.50. The number of rotatable bonds is 4. The topological polar surface area (TPSA) is 62.5 Å². The van der Waals surface area contributed by atoms with E-state index in [1.165, 1.54) is 24.3 Å². The molecule has 0 unspecified atom stereocenters. The minimum atomic E-state index is -0.376. The summed E-state index contributed by atoms with van der Waals surface area (Å²) in [5.41, 5.74) is 3.60. The van der Waals surface area contributed by atoms with E-state index < -0.39 is 0 Å². The van der Waals surface area contributed by atoms with Gasteiger partial charge in [0.2, 0.25) is 5.91 Å². The van der Waals surface area contributed by atoms with E-state index in [2.05, 4.69) is 15.2 Å². The quantitative estimate of drug-likeness (QED) is 0.486. The molecule has 8 heteroatoms. The van der Waals surface area contributed by atoms with E-state index in [0.717, 1.165) is 28.4 Å². The zero-order valence-corrected chi connectivity index (χ0v) is 18.1. The molecule has 0 spiro atoms. The summed E-state index contributed by atoms with van der Waals surface area (Å²) < 4.78 is 28.5. The number of amides is 1. The third-order valence-electron chi connectivity index (χ3n) is 5.96. The third-order valence-corrected chi connectivity index (χ3v) is 5.96. The molecular weight excluding hydrogens is 424 g/mol. The Bertz CT molecular complexity index is 1310. The summed E-state index contributed by atoms with van der Waals surface area (Å²) in [6.45, 7) is 3.31. The van der Waals surface area contributed by atoms with Crippen molar-refractivity contribution in [3.05, 3.63) is 78.0 Å². The average molecular weight is 447 g/mol. The number of hydrogen-bond acceptors (Lipinski definition) is 4. The van der Waals surface area contributed by atoms with E-state index >= 15 is 0 Å². The number of nitrogens with zero attached hydrogens (tertiary/aromatic N) is 4. The molecule has 1 N–H and O–H groups in total. The van der Waals surface area contributed by atoms with Crippen molar-refractivity contribution in [2.75, 3.05) is 23.3 Å². The molecule has 1 amide bonds. The number of aryl methyl sites for hydroxylation is 1. The number of piperidine rings is 1. The van der Waals surface area contributed by atoms with Crippen molar-refractivity contribution >= 4 is 23.1 Å². The Hall–Kier alpha value is -3.81. The summed E-state index contributed by atoms with van der Waals surface area (Å²) in [5.74, 6) is 0.0135. The van der Waals surface area contributed by atoms with Crippen molar-refractivity contribution in [2.45, 2.75) is 19.8 Å². The van der Waals surface area contributed by atoms with Gasteiger partial charge in [0.25, 0.3) is 0 Å². The number of fused-ring (bicyclic) bond motifs is 1. The number of halogens is 2. The van der Waals surface area contributed by atoms with Gasteiger partial charge in [-0.25, -0.2) is 13.8 Å². The van der Waals surface area contributed by atoms with E-state index in [-0.39, 0.29) is 23.5 Å². The van der Waals surface area contributed by atoms with Crippen LogP contribution in [0.1, 0.15) is 18.5 Å². The average Bonchev–Trinajstić information content (AvgIpc) is 3.23. The molecule has 2 aromatic carbocycles. The zero-order chi connectivity index (χ0) is 22.9. The highest BCUT2D eigenvalue weighted by Gasteiger charge is 2.27. The fourth-order valence-electron chi connectivity index (χ4n) is 4.25. The second-order valence-electron chi connectivity index (χ2n) is 8.32. The molecule has 33 heavy (non-hydrogen) atoms. The Labute approximate surface area is 189 Å². The fourth-order valence-corrected chi connectivity index (χ4v) is 4.25. The smallest absolute Gasteiger partial charge is 0.227 e. The lowest BCUT2D eigenvalue weighted by Crippen LogP contribution is -2.39. The molecule has 1 saturated heterocycles. The molecule has 168 valence electrons. The lowest BCUT2D eigenvalue weighted by atomic mass is 9.95. The Balaban J connectivity index is 1.33. The summed E-state index contributed by atoms with van der Waals surface area (Å²) in [7, 11) is 0. The van der Waals surface area contributed by atoms with E-state index in [1.807, 2.05) is 19.1 Å². The van der Waals surface area contributed by atoms with E-state index in [9.17, 15) is 13.6 Å². The SMILES string of the molecule is Cc1cc(N2CCC(C(=O)Nc3cccc(F)c3)CC2)n2nc(-c3ccc(F)cc3)cc2n1. The van der Waals surface area contributed by atoms with Crippen molar-refractivity contribution in [1.82, 2.24) is 14.6 Å². The minimum Gasteiger partial charge on any atom is -0.356 e. The summed E-state index contributed by atoms with van der Waals surface area (Å²) >= 11 is 0. The van der Waals surface area contributed by atoms with Gasteiger partial charge in [-0.2, -0.15) is 9.61 Å². The van der Waals surface area contributed by atoms with Crippen LogP contribution in [0.2, 0.25) is 0 Å². The molecule has 0 aliphatic carbocycles. The molecule has 3 heterocycles. The molecule has 0 saturated carbocycles. The molecule has 2 aromatic heterocycles. The first-order chi connectivity index (χ1) is 16.0. The molecule has 0 bridgehead atoms. The van der Waals surface area contributed by atoms with Gasteiger partial charge >= 0.3 is 0 Å². The molecule has 4 aromatic rings. The number of anilines is 2. The molecule has 0 atom stereocenters. The highest BCUT2D eigenvalue weighted by molar-refractivity contribution is 5.92. The van der Waals surface area contributed by atoms with Crippen LogP contribution in [-0.2, 0) is 4.79 Å². The second-order valence-corrected chi connectivity index (χ2v) is 8.32. The minimum absolute atomic E-state index is 0.0889. The number of benzene rings is 2. The lowest BCUT2D eigenvalue weighted by molar-refractivity contribution is -0.120. The van der Waals surface area contributed by atoms with Crippen LogP contribution in [-0.4, -0.2) is 33.6 Å². The molecule has 5 rings (SSSR count). The van der Waals surface area contributed by atoms with E-state index in [4.69, 9.17) is 5.10 Å². The van der Waals surface area contributed by atoms with Crippen LogP contribution in [0.15, 0.2) is 60.7 Å². The third kappa shape index (κ3) is 4.41. The Morgan fingerprint density at radius 3 is 2.48 bits per heavy atom. The Morgan fingerprint density at radius 2 is 1.76 bits per heavy atom. The van der Waals surface area contributed by atoms with Crippen molar-refractivity contribution < 1.29 is 13.6 Å². The van der Waals surface area contributed by atoms with Crippen molar-refractivity contribution in [2.24, 2.45) is 5.92 Å². The van der Waals surface area contributed by atoms with Crippen LogP contribution in [0.5, 0.6) is 0 Å². The molecule has 1 aliphatic heterocycles. The van der Waals surface area contributed by atoms with Crippen molar-refractivity contribution in [1.29, 1.82) is 0 Å². The molecule has 0 radical (unpaired) electrons. The van der Waals surface area contributed by atoms with Crippen molar-refractivity contribution in [3.63, 3.8) is 0 Å². The van der Waals surface area contributed by atoms with Crippen LogP contribution in [0.4, 0.5) is 20.3 Å². The fraction of sp³-hybridized carbons (Fsp3) is 0.240. The summed E-state index contributed by atoms with van der Waals surface area (Å²) in [6, 6.07) is 16.0. The molecule has 1 fully saturated rings. The van der Waals surface area contributed by atoms with Crippen LogP contribution in [0, 0.1) is 24.5 Å². The van der Waals surface area contributed by atoms with Gasteiger partial charge in [0.15, 0.2) is 5.65 Å². The van der Waals surface area contributed by atoms with Crippen LogP contribution in [0.25, 0.3) is 16.9 Å². The number of aromatic nitrogens is 3. The standard InChI is InChI=1S/C25H23F2N5O/c1-16-13-24(32-23(28-16)15-22(30-32)17-5-7-19(26)8-6-17)31-11-9-18(10-12-31)25(33)29-21-4-2-3-20(27)14-21/h2-8,13-15,18H,9-12H2,1H3,(H,29,33). The van der Waals surface area contributed by atoms with E-state index in [1.54, 1.807) is 28.8 Å². The zero-order valence-electron chi connectivity index (χ0n) is 18.1. The van der Waals surface area contributed by atoms with Gasteiger partial charge in [-0.1, -0.05) is 6.07 Å². The Morgan fingerprint density at radius 1 is 1.00 bits per heavy atom. The van der Waals surface area contributed by atoms with Crippen LogP contribution < -0.4 is 10.2 Å². The first-order valence-corrected chi connectivity index (χ1v) is 10.9. The molecule has 6 nitrogen and oxygen atoms in total. The predicted octanol–water partition coefficient (Wildman–Crippen LogP) is 4.84. The highest BCUT2D eigenvalue weighted by atomic mass is 19.1. The molecular formula is C25H23F2N5O. The summed E-state index contributed by atoms with van der Waals surface area (Å²) in [6.07, 6.45) is 1.35. The first-order valence-electron chi connectivity index (χ1n) is 10.9. The normalized spacial score (nSPS) is 14.6. The summed E-state index contributed by atoms with van der Waals surface area (Å²) in [4.78, 5) is 19.5. The molecule has 1 aliphatic rings. The van der Waals surface area contributed by atoms with Gasteiger partial charge in [0, 0.05) is 48.1 Å². The van der Waals surface area contributed by atoms with E-state index in [0.29, 0.717) is 31.6 Å². The monoisotopic (exact) mass is 447 g/mol. The van der Waals surface area contributed by atoms with Crippen LogP contribution in [0.3, 0.4) is 0 Å². The number of carbonyl (C=O) groups is 1. The summed E-state index contributed by atoms with van der Waals surface area (Å²) in [5, 5.41) is 7.54. The van der Waals surface area contributed by atoms with Gasteiger partial charge < -0.3 is 10.2 Å². The number of hydrogen-bond donors (Lipinski definition) is 1. The van der Waals surface area contributed by atoms with Gasteiger partial charge in [-0.3, -0.25) is 4.79 Å². The van der Waals surface area contributed by atoms with Gasteiger partial charge in [0.05, 0.1) is 5.69 Å². The number of carbonyl (C=O) groups excluding carboxylic acids is 1. The van der Waals surface area contributed by atoms with Crippen molar-refractivity contribution in [3.8, 4) is 11.3 Å². The van der Waals surface area contributed by atoms with Crippen LogP contribution >= 0.6 is 0 Å². The number of nitrogens with one attached hydrogen (secondary N) is 1. The predicted molar refractivity (Wildman–Crippen MR) is 123 cm³/mol. The largest absolute Gasteiger partial charge is 0.356 e. The van der Waals surface area contributed by atoms with Gasteiger partial charge in [-0.05, 0) is 62.2 Å². The van der Waals surface area contributed by atoms with Gasteiger partial charge in [-0.15, -0.1) is 0 Å². The maximum Gasteiger partial charge on any atom is 0.227 e. The van der Waals surface area contributed by atoms with Gasteiger partial charge in [0.1, 0.15) is 17.5 Å². The first kappa shape index (κ1) is 21.1. The maximum absolute atomic E-state index is 13.4. The second kappa shape index (κ2) is 8.61.